The van der Waals surface area contributed by atoms with Crippen molar-refractivity contribution >= 4 is 28.1 Å². The number of hydrogen-bond donors (Lipinski definition) is 2. The number of fused-ring (bicyclic) bond motifs is 1. The third-order valence-electron chi connectivity index (χ3n) is 7.81. The number of benzene rings is 1. The molecule has 0 radical (unpaired) electrons. The molecule has 1 aromatic carbocycles. The van der Waals surface area contributed by atoms with Gasteiger partial charge in [0.1, 0.15) is 0 Å². The van der Waals surface area contributed by atoms with Crippen molar-refractivity contribution in [2.24, 2.45) is 17.8 Å². The van der Waals surface area contributed by atoms with Crippen molar-refractivity contribution in [2.75, 3.05) is 16.8 Å². The molecule has 4 fully saturated rings. The molecule has 2 heterocycles. The van der Waals surface area contributed by atoms with Crippen LogP contribution in [-0.4, -0.2) is 28.1 Å². The summed E-state index contributed by atoms with van der Waals surface area (Å²) in [6, 6.07) is 8.15. The number of rotatable bonds is 4. The zero-order valence-electron chi connectivity index (χ0n) is 17.3. The van der Waals surface area contributed by atoms with Crippen molar-refractivity contribution in [1.82, 2.24) is 4.98 Å². The van der Waals surface area contributed by atoms with Crippen molar-refractivity contribution in [2.45, 2.75) is 63.3 Å². The lowest BCUT2D eigenvalue weighted by Gasteiger charge is -2.56. The molecule has 30 heavy (non-hydrogen) atoms. The second kappa shape index (κ2) is 6.98. The highest BCUT2D eigenvalue weighted by atomic mass is 32.1. The lowest BCUT2D eigenvalue weighted by atomic mass is 9.53. The van der Waals surface area contributed by atoms with Crippen LogP contribution in [0.5, 0.6) is 5.88 Å². The van der Waals surface area contributed by atoms with Gasteiger partial charge in [-0.25, -0.2) is 0 Å². The van der Waals surface area contributed by atoms with Crippen molar-refractivity contribution in [3.63, 3.8) is 0 Å². The molecule has 7 rings (SSSR count). The summed E-state index contributed by atoms with van der Waals surface area (Å²) in [5.41, 5.74) is 2.41. The van der Waals surface area contributed by atoms with Crippen LogP contribution in [0.1, 0.15) is 55.4 Å². The SMILES string of the molecule is O=C(Cc1sc(NC23CC4CC(CC(C4)C2)C3)nc1O)N1CCCc2ccccc21. The molecule has 2 aromatic rings. The summed E-state index contributed by atoms with van der Waals surface area (Å²) >= 11 is 1.46. The fourth-order valence-electron chi connectivity index (χ4n) is 7.03. The van der Waals surface area contributed by atoms with Crippen LogP contribution in [0.25, 0.3) is 0 Å². The molecular weight excluding hydrogens is 394 g/mol. The molecule has 4 aliphatic carbocycles. The maximum Gasteiger partial charge on any atom is 0.232 e. The summed E-state index contributed by atoms with van der Waals surface area (Å²) in [5.74, 6) is 2.64. The number of nitrogens with zero attached hydrogens (tertiary/aromatic N) is 2. The number of anilines is 2. The first-order chi connectivity index (χ1) is 14.6. The first kappa shape index (κ1) is 18.7. The highest BCUT2D eigenvalue weighted by Gasteiger charge is 2.51. The van der Waals surface area contributed by atoms with Gasteiger partial charge in [0.15, 0.2) is 5.13 Å². The van der Waals surface area contributed by atoms with E-state index < -0.39 is 0 Å². The zero-order chi connectivity index (χ0) is 20.3. The topological polar surface area (TPSA) is 65.5 Å². The van der Waals surface area contributed by atoms with Gasteiger partial charge >= 0.3 is 0 Å². The second-order valence-electron chi connectivity index (χ2n) is 10.0. The molecule has 0 unspecified atom stereocenters. The summed E-state index contributed by atoms with van der Waals surface area (Å²) in [6.45, 7) is 0.744. The summed E-state index contributed by atoms with van der Waals surface area (Å²) in [7, 11) is 0. The minimum atomic E-state index is 0.0193. The van der Waals surface area contributed by atoms with E-state index in [1.54, 1.807) is 0 Å². The van der Waals surface area contributed by atoms with Gasteiger partial charge in [0.05, 0.1) is 11.3 Å². The maximum absolute atomic E-state index is 13.1. The average Bonchev–Trinajstić information content (AvgIpc) is 3.04. The number of amides is 1. The first-order valence-electron chi connectivity index (χ1n) is 11.4. The predicted molar refractivity (Wildman–Crippen MR) is 119 cm³/mol. The van der Waals surface area contributed by atoms with Crippen LogP contribution >= 0.6 is 11.3 Å². The van der Waals surface area contributed by atoms with Gasteiger partial charge in [0.25, 0.3) is 0 Å². The van der Waals surface area contributed by atoms with Gasteiger partial charge < -0.3 is 15.3 Å². The number of hydrogen-bond acceptors (Lipinski definition) is 5. The maximum atomic E-state index is 13.1. The van der Waals surface area contributed by atoms with Crippen LogP contribution < -0.4 is 10.2 Å². The van der Waals surface area contributed by atoms with E-state index in [0.717, 1.165) is 48.0 Å². The van der Waals surface area contributed by atoms with E-state index >= 15 is 0 Å². The molecule has 2 N–H and O–H groups in total. The number of para-hydroxylation sites is 1. The van der Waals surface area contributed by atoms with E-state index in [0.29, 0.717) is 4.88 Å². The van der Waals surface area contributed by atoms with Crippen molar-refractivity contribution in [1.29, 1.82) is 0 Å². The van der Waals surface area contributed by atoms with Crippen LogP contribution in [0.4, 0.5) is 10.8 Å². The van der Waals surface area contributed by atoms with Crippen LogP contribution in [0, 0.1) is 17.8 Å². The molecule has 158 valence electrons. The van der Waals surface area contributed by atoms with E-state index in [-0.39, 0.29) is 23.7 Å². The Hall–Kier alpha value is -2.08. The Kier molecular flexibility index (Phi) is 4.34. The molecule has 1 aromatic heterocycles. The molecule has 5 aliphatic rings. The third kappa shape index (κ3) is 3.20. The molecule has 4 bridgehead atoms. The molecule has 0 spiro atoms. The highest BCUT2D eigenvalue weighted by molar-refractivity contribution is 7.16. The van der Waals surface area contributed by atoms with Gasteiger partial charge in [0.2, 0.25) is 11.8 Å². The number of nitrogens with one attached hydrogen (secondary N) is 1. The predicted octanol–water partition coefficient (Wildman–Crippen LogP) is 4.75. The highest BCUT2D eigenvalue weighted by Crippen LogP contribution is 2.56. The normalized spacial score (nSPS) is 31.6. The summed E-state index contributed by atoms with van der Waals surface area (Å²) in [4.78, 5) is 20.1. The Bertz CT molecular complexity index is 949. The molecule has 0 atom stereocenters. The third-order valence-corrected chi connectivity index (χ3v) is 8.77. The molecule has 5 nitrogen and oxygen atoms in total. The molecule has 4 saturated carbocycles. The second-order valence-corrected chi connectivity index (χ2v) is 11.1. The number of carbonyl (C=O) groups excluding carboxylic acids is 1. The van der Waals surface area contributed by atoms with Gasteiger partial charge in [-0.1, -0.05) is 29.5 Å². The molecule has 0 saturated heterocycles. The van der Waals surface area contributed by atoms with Crippen LogP contribution in [0.2, 0.25) is 0 Å². The van der Waals surface area contributed by atoms with Crippen molar-refractivity contribution in [3.05, 3.63) is 34.7 Å². The Balaban J connectivity index is 1.19. The molecule has 1 amide bonds. The van der Waals surface area contributed by atoms with E-state index in [4.69, 9.17) is 0 Å². The van der Waals surface area contributed by atoms with Gasteiger partial charge in [-0.2, -0.15) is 4.98 Å². The van der Waals surface area contributed by atoms with Gasteiger partial charge in [-0.05, 0) is 80.8 Å². The van der Waals surface area contributed by atoms with Gasteiger partial charge in [-0.15, -0.1) is 0 Å². The smallest absolute Gasteiger partial charge is 0.232 e. The van der Waals surface area contributed by atoms with Gasteiger partial charge in [-0.3, -0.25) is 4.79 Å². The van der Waals surface area contributed by atoms with Crippen molar-refractivity contribution in [3.8, 4) is 5.88 Å². The Morgan fingerprint density at radius 3 is 2.60 bits per heavy atom. The molecular formula is C24H29N3O2S. The monoisotopic (exact) mass is 423 g/mol. The number of thiazole rings is 1. The van der Waals surface area contributed by atoms with E-state index in [9.17, 15) is 9.90 Å². The number of aromatic hydroxyl groups is 1. The van der Waals surface area contributed by atoms with Crippen LogP contribution in [0.15, 0.2) is 24.3 Å². The summed E-state index contributed by atoms with van der Waals surface area (Å²) < 4.78 is 0. The molecule has 6 heteroatoms. The zero-order valence-corrected chi connectivity index (χ0v) is 18.1. The lowest BCUT2D eigenvalue weighted by molar-refractivity contribution is -0.118. The van der Waals surface area contributed by atoms with Crippen molar-refractivity contribution < 1.29 is 9.90 Å². The fraction of sp³-hybridized carbons (Fsp3) is 0.583. The van der Waals surface area contributed by atoms with E-state index in [1.165, 1.54) is 55.4 Å². The standard InChI is InChI=1S/C24H29N3O2S/c28-21(27-7-3-5-18-4-1-2-6-19(18)27)11-20-22(29)25-23(30-20)26-24-12-15-8-16(13-24)10-17(9-15)14-24/h1-2,4,6,15-17,29H,3,5,7-14H2,(H,25,26). The number of aryl methyl sites for hydroxylation is 1. The number of aromatic nitrogens is 1. The fourth-order valence-corrected chi connectivity index (χ4v) is 7.99. The van der Waals surface area contributed by atoms with Crippen LogP contribution in [-0.2, 0) is 17.6 Å². The summed E-state index contributed by atoms with van der Waals surface area (Å²) in [5, 5.41) is 15.0. The number of carbonyl (C=O) groups is 1. The largest absolute Gasteiger partial charge is 0.492 e. The Morgan fingerprint density at radius 2 is 1.87 bits per heavy atom. The Morgan fingerprint density at radius 1 is 1.17 bits per heavy atom. The Labute approximate surface area is 181 Å². The lowest BCUT2D eigenvalue weighted by Crippen LogP contribution is -2.54. The van der Waals surface area contributed by atoms with Crippen LogP contribution in [0.3, 0.4) is 0 Å². The quantitative estimate of drug-likeness (QED) is 0.745. The summed E-state index contributed by atoms with van der Waals surface area (Å²) in [6.07, 6.45) is 10.1. The average molecular weight is 424 g/mol. The first-order valence-corrected chi connectivity index (χ1v) is 12.2. The molecule has 1 aliphatic heterocycles. The van der Waals surface area contributed by atoms with E-state index in [2.05, 4.69) is 16.4 Å². The minimum absolute atomic E-state index is 0.0193. The van der Waals surface area contributed by atoms with Gasteiger partial charge in [0, 0.05) is 17.8 Å². The van der Waals surface area contributed by atoms with E-state index in [1.807, 2.05) is 23.1 Å². The minimum Gasteiger partial charge on any atom is -0.492 e.